The lowest BCUT2D eigenvalue weighted by atomic mass is 9.95. The number of nitrogens with zero attached hydrogens (tertiary/aromatic N) is 1. The number of anilines is 1. The summed E-state index contributed by atoms with van der Waals surface area (Å²) in [5.41, 5.74) is 9.50. The van der Waals surface area contributed by atoms with Gasteiger partial charge in [-0.1, -0.05) is 25.1 Å². The summed E-state index contributed by atoms with van der Waals surface area (Å²) in [5, 5.41) is 2.82. The van der Waals surface area contributed by atoms with Gasteiger partial charge in [0.15, 0.2) is 0 Å². The zero-order valence-corrected chi connectivity index (χ0v) is 18.2. The molecule has 1 amide bonds. The maximum Gasteiger partial charge on any atom is 0.341 e. The lowest BCUT2D eigenvalue weighted by Gasteiger charge is -2.12. The molecule has 0 aliphatic carbocycles. The number of nitrogens with two attached hydrogens (primary N) is 1. The van der Waals surface area contributed by atoms with Crippen LogP contribution in [0.25, 0.3) is 11.1 Å². The van der Waals surface area contributed by atoms with Crippen LogP contribution in [0.15, 0.2) is 67.0 Å². The molecule has 1 aromatic heterocycles. The summed E-state index contributed by atoms with van der Waals surface area (Å²) in [4.78, 5) is 40.5. The van der Waals surface area contributed by atoms with Crippen molar-refractivity contribution in [3.63, 3.8) is 0 Å². The van der Waals surface area contributed by atoms with E-state index in [1.54, 1.807) is 60.9 Å². The van der Waals surface area contributed by atoms with Crippen LogP contribution in [0, 0.1) is 0 Å². The Balaban J connectivity index is 1.79. The summed E-state index contributed by atoms with van der Waals surface area (Å²) in [6.07, 6.45) is 4.10. The van der Waals surface area contributed by atoms with E-state index in [-0.39, 0.29) is 24.4 Å². The van der Waals surface area contributed by atoms with E-state index in [9.17, 15) is 14.4 Å². The Morgan fingerprint density at radius 3 is 2.48 bits per heavy atom. The minimum Gasteiger partial charge on any atom is -0.428 e. The Bertz CT molecular complexity index is 1130. The van der Waals surface area contributed by atoms with Crippen molar-refractivity contribution < 1.29 is 23.9 Å². The Morgan fingerprint density at radius 1 is 0.970 bits per heavy atom. The molecule has 3 aromatic rings. The van der Waals surface area contributed by atoms with Crippen molar-refractivity contribution in [3.8, 4) is 11.1 Å². The minimum absolute atomic E-state index is 0.254. The molecular formula is C25H25N3O5. The van der Waals surface area contributed by atoms with Crippen LogP contribution in [0.1, 0.15) is 46.0 Å². The Labute approximate surface area is 191 Å². The summed E-state index contributed by atoms with van der Waals surface area (Å²) in [5.74, 6) is -1.33. The average molecular weight is 447 g/mol. The topological polar surface area (TPSA) is 121 Å². The number of carbonyl (C=O) groups is 3. The molecule has 33 heavy (non-hydrogen) atoms. The predicted molar refractivity (Wildman–Crippen MR) is 123 cm³/mol. The monoisotopic (exact) mass is 447 g/mol. The highest BCUT2D eigenvalue weighted by molar-refractivity contribution is 6.05. The third-order valence-electron chi connectivity index (χ3n) is 4.80. The first-order chi connectivity index (χ1) is 16.0. The fraction of sp³-hybridized carbons (Fsp3) is 0.200. The molecular weight excluding hydrogens is 422 g/mol. The van der Waals surface area contributed by atoms with Gasteiger partial charge in [0.2, 0.25) is 6.79 Å². The molecule has 3 rings (SSSR count). The number of aromatic nitrogens is 1. The zero-order valence-electron chi connectivity index (χ0n) is 18.2. The first-order valence-electron chi connectivity index (χ1n) is 10.5. The van der Waals surface area contributed by atoms with E-state index < -0.39 is 18.7 Å². The van der Waals surface area contributed by atoms with Crippen LogP contribution >= 0.6 is 0 Å². The molecule has 0 aliphatic heterocycles. The minimum atomic E-state index is -0.623. The molecule has 0 spiro atoms. The molecule has 0 bridgehead atoms. The van der Waals surface area contributed by atoms with Crippen molar-refractivity contribution in [1.29, 1.82) is 0 Å². The van der Waals surface area contributed by atoms with Gasteiger partial charge in [-0.2, -0.15) is 0 Å². The zero-order chi connectivity index (χ0) is 23.6. The van der Waals surface area contributed by atoms with Gasteiger partial charge in [0, 0.05) is 36.6 Å². The molecule has 170 valence electrons. The van der Waals surface area contributed by atoms with Gasteiger partial charge in [0.05, 0.1) is 5.56 Å². The standard InChI is InChI=1S/C25H25N3O5/c1-2-4-23(29)32-16-33-25(31)19-6-3-5-17(13-19)22-14-18(7-8-20(22)15-26)24(30)28-21-9-11-27-12-10-21/h3,5-14H,2,4,15-16,26H2,1H3,(H,27,28,30). The quantitative estimate of drug-likeness (QED) is 0.377. The first-order valence-corrected chi connectivity index (χ1v) is 10.5. The molecule has 0 radical (unpaired) electrons. The largest absolute Gasteiger partial charge is 0.428 e. The molecule has 8 nitrogen and oxygen atoms in total. The highest BCUT2D eigenvalue weighted by atomic mass is 16.7. The number of benzene rings is 2. The van der Waals surface area contributed by atoms with Gasteiger partial charge < -0.3 is 20.5 Å². The molecule has 0 atom stereocenters. The van der Waals surface area contributed by atoms with E-state index in [4.69, 9.17) is 15.2 Å². The fourth-order valence-corrected chi connectivity index (χ4v) is 3.12. The summed E-state index contributed by atoms with van der Waals surface area (Å²) < 4.78 is 9.91. The number of pyridine rings is 1. The lowest BCUT2D eigenvalue weighted by Crippen LogP contribution is -2.13. The number of esters is 2. The summed E-state index contributed by atoms with van der Waals surface area (Å²) in [6, 6.07) is 15.4. The maximum atomic E-state index is 12.7. The van der Waals surface area contributed by atoms with E-state index in [0.717, 1.165) is 11.1 Å². The van der Waals surface area contributed by atoms with E-state index in [2.05, 4.69) is 10.3 Å². The van der Waals surface area contributed by atoms with E-state index in [1.165, 1.54) is 0 Å². The van der Waals surface area contributed by atoms with Gasteiger partial charge in [0.1, 0.15) is 0 Å². The Hall–Kier alpha value is -4.04. The van der Waals surface area contributed by atoms with Gasteiger partial charge in [-0.15, -0.1) is 0 Å². The number of nitrogens with one attached hydrogen (secondary N) is 1. The van der Waals surface area contributed by atoms with Crippen LogP contribution in [0.5, 0.6) is 0 Å². The van der Waals surface area contributed by atoms with Crippen LogP contribution in [0.3, 0.4) is 0 Å². The third kappa shape index (κ3) is 6.47. The number of rotatable bonds is 9. The van der Waals surface area contributed by atoms with Crippen molar-refractivity contribution in [2.45, 2.75) is 26.3 Å². The SMILES string of the molecule is CCCC(=O)OCOC(=O)c1cccc(-c2cc(C(=O)Nc3ccncc3)ccc2CN)c1. The second kappa shape index (κ2) is 11.5. The van der Waals surface area contributed by atoms with E-state index >= 15 is 0 Å². The van der Waals surface area contributed by atoms with Crippen LogP contribution in [-0.2, 0) is 20.8 Å². The normalized spacial score (nSPS) is 10.4. The van der Waals surface area contributed by atoms with Gasteiger partial charge in [0.25, 0.3) is 5.91 Å². The fourth-order valence-electron chi connectivity index (χ4n) is 3.12. The van der Waals surface area contributed by atoms with Crippen molar-refractivity contribution in [2.75, 3.05) is 12.1 Å². The number of carbonyl (C=O) groups excluding carboxylic acids is 3. The van der Waals surface area contributed by atoms with Crippen molar-refractivity contribution in [2.24, 2.45) is 5.73 Å². The van der Waals surface area contributed by atoms with Gasteiger partial charge in [-0.25, -0.2) is 4.79 Å². The maximum absolute atomic E-state index is 12.7. The summed E-state index contributed by atoms with van der Waals surface area (Å²) >= 11 is 0. The Morgan fingerprint density at radius 2 is 1.76 bits per heavy atom. The van der Waals surface area contributed by atoms with Crippen molar-refractivity contribution in [3.05, 3.63) is 83.7 Å². The predicted octanol–water partition coefficient (Wildman–Crippen LogP) is 3.92. The smallest absolute Gasteiger partial charge is 0.341 e. The van der Waals surface area contributed by atoms with Crippen LogP contribution in [0.2, 0.25) is 0 Å². The average Bonchev–Trinajstić information content (AvgIpc) is 2.84. The molecule has 2 aromatic carbocycles. The van der Waals surface area contributed by atoms with Gasteiger partial charge >= 0.3 is 11.9 Å². The van der Waals surface area contributed by atoms with Crippen LogP contribution in [0.4, 0.5) is 5.69 Å². The summed E-state index contributed by atoms with van der Waals surface area (Å²) in [6.45, 7) is 1.66. The second-order valence-electron chi connectivity index (χ2n) is 7.16. The third-order valence-corrected chi connectivity index (χ3v) is 4.80. The van der Waals surface area contributed by atoms with Gasteiger partial charge in [-0.3, -0.25) is 14.6 Å². The van der Waals surface area contributed by atoms with Crippen LogP contribution in [-0.4, -0.2) is 29.6 Å². The molecule has 1 heterocycles. The lowest BCUT2D eigenvalue weighted by molar-refractivity contribution is -0.152. The number of hydrogen-bond acceptors (Lipinski definition) is 7. The van der Waals surface area contributed by atoms with Crippen LogP contribution < -0.4 is 11.1 Å². The highest BCUT2D eigenvalue weighted by Gasteiger charge is 2.14. The Kier molecular flexibility index (Phi) is 8.26. The van der Waals surface area contributed by atoms with E-state index in [1.807, 2.05) is 13.0 Å². The molecule has 0 unspecified atom stereocenters. The van der Waals surface area contributed by atoms with Crippen molar-refractivity contribution in [1.82, 2.24) is 4.98 Å². The van der Waals surface area contributed by atoms with Crippen molar-refractivity contribution >= 4 is 23.5 Å². The molecule has 3 N–H and O–H groups in total. The molecule has 8 heteroatoms. The number of ether oxygens (including phenoxy) is 2. The number of hydrogen-bond donors (Lipinski definition) is 2. The second-order valence-corrected chi connectivity index (χ2v) is 7.16. The van der Waals surface area contributed by atoms with Gasteiger partial charge in [-0.05, 0) is 59.5 Å². The van der Waals surface area contributed by atoms with E-state index in [0.29, 0.717) is 23.2 Å². The summed E-state index contributed by atoms with van der Waals surface area (Å²) in [7, 11) is 0. The molecule has 0 aliphatic rings. The highest BCUT2D eigenvalue weighted by Crippen LogP contribution is 2.27. The molecule has 0 saturated heterocycles. The first kappa shape index (κ1) is 23.6. The molecule has 0 saturated carbocycles. The molecule has 0 fully saturated rings. The number of amides is 1.